The summed E-state index contributed by atoms with van der Waals surface area (Å²) in [6.07, 6.45) is -8.56. The molecule has 0 amide bonds. The third-order valence-electron chi connectivity index (χ3n) is 3.26. The Balaban J connectivity index is 2.20. The average Bonchev–Trinajstić information content (AvgIpc) is 2.34. The van der Waals surface area contributed by atoms with Crippen LogP contribution in [0.2, 0.25) is 0 Å². The number of halogens is 5. The Morgan fingerprint density at radius 3 is 2.17 bits per heavy atom. The zero-order chi connectivity index (χ0) is 17.7. The number of alkyl halides is 5. The molecule has 1 rings (SSSR count). The second-order valence-corrected chi connectivity index (χ2v) is 7.67. The van der Waals surface area contributed by atoms with Gasteiger partial charge in [-0.15, -0.1) is 0 Å². The van der Waals surface area contributed by atoms with Gasteiger partial charge in [-0.3, -0.25) is 4.79 Å². The third kappa shape index (κ3) is 9.04. The summed E-state index contributed by atoms with van der Waals surface area (Å²) in [6.45, 7) is -0.0257. The predicted molar refractivity (Wildman–Crippen MR) is 70.9 cm³/mol. The van der Waals surface area contributed by atoms with Crippen molar-refractivity contribution in [3.8, 4) is 0 Å². The van der Waals surface area contributed by atoms with Gasteiger partial charge in [-0.2, -0.15) is 13.2 Å². The van der Waals surface area contributed by atoms with Crippen molar-refractivity contribution in [1.29, 1.82) is 0 Å². The number of carbonyl (C=O) groups excluding carboxylic acids is 1. The summed E-state index contributed by atoms with van der Waals surface area (Å²) < 4.78 is 88.4. The highest BCUT2D eigenvalue weighted by Crippen LogP contribution is 2.33. The summed E-state index contributed by atoms with van der Waals surface area (Å²) in [5, 5.41) is 0. The van der Waals surface area contributed by atoms with Crippen LogP contribution in [0.15, 0.2) is 0 Å². The fourth-order valence-electron chi connectivity index (χ4n) is 1.99. The van der Waals surface area contributed by atoms with Crippen LogP contribution in [0.25, 0.3) is 0 Å². The molecule has 0 bridgehead atoms. The lowest BCUT2D eigenvalue weighted by atomic mass is 10.2. The van der Waals surface area contributed by atoms with Crippen LogP contribution in [-0.4, -0.2) is 69.1 Å². The fourth-order valence-corrected chi connectivity index (χ4v) is 3.27. The summed E-state index contributed by atoms with van der Waals surface area (Å²) in [4.78, 5) is 13.1. The normalized spacial score (nSPS) is 19.5. The van der Waals surface area contributed by atoms with E-state index in [1.165, 1.54) is 0 Å². The van der Waals surface area contributed by atoms with Gasteiger partial charge in [0.05, 0.1) is 24.5 Å². The summed E-state index contributed by atoms with van der Waals surface area (Å²) in [6, 6.07) is 0. The number of hydrogen-bond acceptors (Lipinski definition) is 5. The van der Waals surface area contributed by atoms with Gasteiger partial charge in [0.2, 0.25) is 0 Å². The molecule has 0 aromatic carbocycles. The van der Waals surface area contributed by atoms with E-state index in [9.17, 15) is 35.2 Å². The van der Waals surface area contributed by atoms with E-state index in [0.29, 0.717) is 0 Å². The van der Waals surface area contributed by atoms with E-state index in [4.69, 9.17) is 0 Å². The number of sulfone groups is 1. The van der Waals surface area contributed by atoms with Gasteiger partial charge >= 0.3 is 12.1 Å². The monoisotopic (exact) mass is 367 g/mol. The molecule has 11 heteroatoms. The first-order chi connectivity index (χ1) is 10.4. The molecule has 1 fully saturated rings. The zero-order valence-corrected chi connectivity index (χ0v) is 13.1. The van der Waals surface area contributed by atoms with Crippen LogP contribution in [0.1, 0.15) is 19.3 Å². The van der Waals surface area contributed by atoms with Crippen molar-refractivity contribution in [3.63, 3.8) is 0 Å². The van der Waals surface area contributed by atoms with Gasteiger partial charge in [-0.25, -0.2) is 17.2 Å². The van der Waals surface area contributed by atoms with Crippen molar-refractivity contribution in [2.45, 2.75) is 31.4 Å². The zero-order valence-electron chi connectivity index (χ0n) is 12.2. The van der Waals surface area contributed by atoms with Crippen molar-refractivity contribution in [3.05, 3.63) is 0 Å². The Labute approximate surface area is 130 Å². The molecule has 0 radical (unpaired) electrons. The maximum absolute atomic E-state index is 12.9. The van der Waals surface area contributed by atoms with Crippen LogP contribution in [-0.2, 0) is 19.4 Å². The quantitative estimate of drug-likeness (QED) is 0.506. The number of rotatable bonds is 7. The van der Waals surface area contributed by atoms with E-state index in [-0.39, 0.29) is 37.6 Å². The highest BCUT2D eigenvalue weighted by molar-refractivity contribution is 7.91. The molecule has 0 aromatic rings. The van der Waals surface area contributed by atoms with Gasteiger partial charge in [0.1, 0.15) is 6.42 Å². The number of ether oxygens (including phenoxy) is 1. The number of nitrogens with zero attached hydrogens (tertiary/aromatic N) is 1. The molecule has 0 unspecified atom stereocenters. The molecule has 0 spiro atoms. The first-order valence-corrected chi connectivity index (χ1v) is 8.74. The molecule has 1 aliphatic heterocycles. The maximum atomic E-state index is 12.9. The van der Waals surface area contributed by atoms with E-state index in [2.05, 4.69) is 4.74 Å². The molecule has 1 heterocycles. The van der Waals surface area contributed by atoms with Crippen molar-refractivity contribution in [1.82, 2.24) is 4.90 Å². The standard InChI is InChI=1S/C12H18F5NO4S/c13-11(14,9-12(15,16)17)2-6-22-10(19)1-3-18-4-7-23(20,21)8-5-18/h1-9H2. The highest BCUT2D eigenvalue weighted by Gasteiger charge is 2.43. The van der Waals surface area contributed by atoms with Gasteiger partial charge in [0, 0.05) is 26.1 Å². The fraction of sp³-hybridized carbons (Fsp3) is 0.917. The van der Waals surface area contributed by atoms with Gasteiger partial charge in [-0.1, -0.05) is 0 Å². The minimum Gasteiger partial charge on any atom is -0.465 e. The smallest absolute Gasteiger partial charge is 0.394 e. The van der Waals surface area contributed by atoms with Crippen molar-refractivity contribution < 1.29 is 39.9 Å². The molecule has 0 saturated carbocycles. The average molecular weight is 367 g/mol. The number of carbonyl (C=O) groups is 1. The molecule has 1 saturated heterocycles. The molecule has 5 nitrogen and oxygen atoms in total. The minimum absolute atomic E-state index is 0.00822. The highest BCUT2D eigenvalue weighted by atomic mass is 32.2. The Bertz CT molecular complexity index is 492. The lowest BCUT2D eigenvalue weighted by molar-refractivity contribution is -0.191. The summed E-state index contributed by atoms with van der Waals surface area (Å²) >= 11 is 0. The molecule has 136 valence electrons. The van der Waals surface area contributed by atoms with E-state index in [1.807, 2.05) is 0 Å². The second-order valence-electron chi connectivity index (χ2n) is 5.36. The lowest BCUT2D eigenvalue weighted by Gasteiger charge is -2.25. The molecular weight excluding hydrogens is 349 g/mol. The van der Waals surface area contributed by atoms with Crippen LogP contribution in [0.5, 0.6) is 0 Å². The number of esters is 1. The van der Waals surface area contributed by atoms with Crippen LogP contribution in [0.3, 0.4) is 0 Å². The predicted octanol–water partition coefficient (Wildman–Crippen LogP) is 1.63. The first kappa shape index (κ1) is 20.1. The van der Waals surface area contributed by atoms with E-state index < -0.39 is 47.4 Å². The Kier molecular flexibility index (Phi) is 6.75. The van der Waals surface area contributed by atoms with E-state index in [0.717, 1.165) is 0 Å². The Morgan fingerprint density at radius 2 is 1.65 bits per heavy atom. The minimum atomic E-state index is -4.98. The second kappa shape index (κ2) is 7.73. The topological polar surface area (TPSA) is 63.7 Å². The molecule has 1 aliphatic rings. The summed E-state index contributed by atoms with van der Waals surface area (Å²) in [5.41, 5.74) is 0. The summed E-state index contributed by atoms with van der Waals surface area (Å²) in [7, 11) is -3.03. The summed E-state index contributed by atoms with van der Waals surface area (Å²) in [5.74, 6) is -4.79. The molecule has 0 aromatic heterocycles. The molecule has 0 N–H and O–H groups in total. The van der Waals surface area contributed by atoms with Crippen molar-refractivity contribution in [2.24, 2.45) is 0 Å². The van der Waals surface area contributed by atoms with Crippen LogP contribution in [0, 0.1) is 0 Å². The van der Waals surface area contributed by atoms with Crippen LogP contribution in [0.4, 0.5) is 22.0 Å². The largest absolute Gasteiger partial charge is 0.465 e. The van der Waals surface area contributed by atoms with E-state index >= 15 is 0 Å². The van der Waals surface area contributed by atoms with Gasteiger partial charge in [0.15, 0.2) is 9.84 Å². The van der Waals surface area contributed by atoms with Crippen molar-refractivity contribution in [2.75, 3.05) is 37.7 Å². The van der Waals surface area contributed by atoms with E-state index in [1.54, 1.807) is 4.90 Å². The molecular formula is C12H18F5NO4S. The van der Waals surface area contributed by atoms with Gasteiger partial charge in [0.25, 0.3) is 5.92 Å². The number of hydrogen-bond donors (Lipinski definition) is 0. The van der Waals surface area contributed by atoms with Crippen LogP contribution < -0.4 is 0 Å². The maximum Gasteiger partial charge on any atom is 0.394 e. The Morgan fingerprint density at radius 1 is 1.09 bits per heavy atom. The molecule has 23 heavy (non-hydrogen) atoms. The lowest BCUT2D eigenvalue weighted by Crippen LogP contribution is -2.41. The first-order valence-electron chi connectivity index (χ1n) is 6.92. The van der Waals surface area contributed by atoms with Gasteiger partial charge < -0.3 is 9.64 Å². The third-order valence-corrected chi connectivity index (χ3v) is 4.87. The van der Waals surface area contributed by atoms with Crippen molar-refractivity contribution >= 4 is 15.8 Å². The van der Waals surface area contributed by atoms with Gasteiger partial charge in [-0.05, 0) is 0 Å². The molecule has 0 aliphatic carbocycles. The Hall–Kier alpha value is -0.970. The van der Waals surface area contributed by atoms with Crippen LogP contribution >= 0.6 is 0 Å². The molecule has 0 atom stereocenters. The SMILES string of the molecule is O=C(CCN1CCS(=O)(=O)CC1)OCCC(F)(F)CC(F)(F)F.